The molecule has 0 bridgehead atoms. The Labute approximate surface area is 203 Å². The zero-order chi connectivity index (χ0) is 24.1. The van der Waals surface area contributed by atoms with Crippen LogP contribution in [0.2, 0.25) is 0 Å². The molecule has 0 radical (unpaired) electrons. The van der Waals surface area contributed by atoms with E-state index < -0.39 is 6.09 Å². The molecule has 0 saturated heterocycles. The number of aryl methyl sites for hydroxylation is 1. The lowest BCUT2D eigenvalue weighted by Crippen LogP contribution is -2.32. The van der Waals surface area contributed by atoms with E-state index in [0.717, 1.165) is 27.4 Å². The van der Waals surface area contributed by atoms with Crippen molar-refractivity contribution in [2.75, 3.05) is 5.32 Å². The maximum atomic E-state index is 12.7. The molecule has 7 nitrogen and oxygen atoms in total. The third kappa shape index (κ3) is 5.49. The molecule has 3 aromatic heterocycles. The molecule has 3 aromatic rings. The van der Waals surface area contributed by atoms with Gasteiger partial charge in [0.2, 0.25) is 5.91 Å². The van der Waals surface area contributed by atoms with E-state index >= 15 is 0 Å². The Morgan fingerprint density at radius 2 is 2.21 bits per heavy atom. The third-order valence-electron chi connectivity index (χ3n) is 6.04. The van der Waals surface area contributed by atoms with E-state index in [0.29, 0.717) is 37.2 Å². The van der Waals surface area contributed by atoms with Crippen LogP contribution in [0.25, 0.3) is 0 Å². The summed E-state index contributed by atoms with van der Waals surface area (Å²) in [6.45, 7) is 2.39. The van der Waals surface area contributed by atoms with Gasteiger partial charge < -0.3 is 19.9 Å². The van der Waals surface area contributed by atoms with Crippen molar-refractivity contribution in [1.29, 1.82) is 0 Å². The average Bonchev–Trinajstić information content (AvgIpc) is 3.39. The third-order valence-corrected chi connectivity index (χ3v) is 7.21. The van der Waals surface area contributed by atoms with Crippen LogP contribution < -0.4 is 10.6 Å². The second-order valence-electron chi connectivity index (χ2n) is 8.49. The summed E-state index contributed by atoms with van der Waals surface area (Å²) >= 11 is 1.48. The zero-order valence-electron chi connectivity index (χ0n) is 19.3. The molecule has 1 aliphatic carbocycles. The number of amides is 2. The number of aromatic nitrogens is 2. The highest BCUT2D eigenvalue weighted by molar-refractivity contribution is 7.16. The van der Waals surface area contributed by atoms with Crippen molar-refractivity contribution in [3.05, 3.63) is 70.1 Å². The Morgan fingerprint density at radius 3 is 2.91 bits per heavy atom. The number of fused-ring (bicyclic) bond motifs is 1. The highest BCUT2D eigenvalue weighted by Gasteiger charge is 2.28. The number of anilines is 1. The quantitative estimate of drug-likeness (QED) is 0.496. The van der Waals surface area contributed by atoms with Crippen LogP contribution in [0.1, 0.15) is 53.1 Å². The highest BCUT2D eigenvalue weighted by Crippen LogP contribution is 2.38. The van der Waals surface area contributed by atoms with E-state index in [1.165, 1.54) is 11.3 Å². The van der Waals surface area contributed by atoms with Crippen molar-refractivity contribution < 1.29 is 14.3 Å². The maximum Gasteiger partial charge on any atom is 0.407 e. The lowest BCUT2D eigenvalue weighted by Gasteiger charge is -2.22. The van der Waals surface area contributed by atoms with E-state index in [2.05, 4.69) is 21.5 Å². The molecule has 2 N–H and O–H groups in total. The summed E-state index contributed by atoms with van der Waals surface area (Å²) in [5, 5.41) is 6.51. The molecule has 0 aliphatic heterocycles. The Hall–Kier alpha value is -3.57. The summed E-state index contributed by atoms with van der Waals surface area (Å²) in [5.74, 6) is 2.65. The normalized spacial score (nSPS) is 15.6. The number of hydrogen-bond donors (Lipinski definition) is 2. The molecule has 2 unspecified atom stereocenters. The Balaban J connectivity index is 1.35. The average molecular weight is 477 g/mol. The molecule has 3 heterocycles. The van der Waals surface area contributed by atoms with Crippen LogP contribution in [0.5, 0.6) is 0 Å². The number of nitrogens with zero attached hydrogens (tertiary/aromatic N) is 2. The first-order valence-corrected chi connectivity index (χ1v) is 12.1. The van der Waals surface area contributed by atoms with Crippen LogP contribution in [0.3, 0.4) is 0 Å². The van der Waals surface area contributed by atoms with E-state index in [9.17, 15) is 9.59 Å². The smallest absolute Gasteiger partial charge is 0.407 e. The van der Waals surface area contributed by atoms with Gasteiger partial charge in [0, 0.05) is 54.5 Å². The highest BCUT2D eigenvalue weighted by atomic mass is 32.1. The van der Waals surface area contributed by atoms with Gasteiger partial charge in [0.15, 0.2) is 0 Å². The standard InChI is InChI=1S/C26H28N4O3S/c1-4-20-21-11-10-19(33-26(32)28-16-18-8-7-13-30(18)3)15-23(21)34-25(20)29-24(31)14-17(2)22-9-5-6-12-27-22/h1,5-9,12-13,17,19H,10-11,14-16H2,2-3H3,(H,28,32)(H,29,31). The summed E-state index contributed by atoms with van der Waals surface area (Å²) in [6.07, 6.45) is 11.1. The molecule has 2 amide bonds. The number of carbonyl (C=O) groups is 2. The van der Waals surface area contributed by atoms with Crippen LogP contribution in [0, 0.1) is 12.3 Å². The molecule has 2 atom stereocenters. The number of thiophene rings is 1. The first-order valence-electron chi connectivity index (χ1n) is 11.3. The van der Waals surface area contributed by atoms with E-state index in [4.69, 9.17) is 11.2 Å². The number of hydrogen-bond acceptors (Lipinski definition) is 5. The van der Waals surface area contributed by atoms with Gasteiger partial charge in [-0.05, 0) is 42.7 Å². The van der Waals surface area contributed by atoms with Gasteiger partial charge in [-0.25, -0.2) is 4.79 Å². The maximum absolute atomic E-state index is 12.7. The van der Waals surface area contributed by atoms with Crippen LogP contribution in [0.15, 0.2) is 42.7 Å². The van der Waals surface area contributed by atoms with Crippen LogP contribution in [-0.2, 0) is 36.0 Å². The van der Waals surface area contributed by atoms with E-state index in [-0.39, 0.29) is 17.9 Å². The van der Waals surface area contributed by atoms with Gasteiger partial charge in [0.25, 0.3) is 0 Å². The Bertz CT molecular complexity index is 1210. The number of terminal acetylenes is 1. The van der Waals surface area contributed by atoms with Gasteiger partial charge in [-0.2, -0.15) is 0 Å². The fourth-order valence-corrected chi connectivity index (χ4v) is 5.45. The van der Waals surface area contributed by atoms with Gasteiger partial charge in [0.1, 0.15) is 11.1 Å². The second kappa shape index (κ2) is 10.6. The predicted octanol–water partition coefficient (Wildman–Crippen LogP) is 4.38. The lowest BCUT2D eigenvalue weighted by molar-refractivity contribution is -0.116. The van der Waals surface area contributed by atoms with Crippen molar-refractivity contribution in [3.8, 4) is 12.3 Å². The monoisotopic (exact) mass is 476 g/mol. The number of nitrogens with one attached hydrogen (secondary N) is 2. The molecular formula is C26H28N4O3S. The summed E-state index contributed by atoms with van der Waals surface area (Å²) in [7, 11) is 1.93. The lowest BCUT2D eigenvalue weighted by atomic mass is 9.93. The van der Waals surface area contributed by atoms with Crippen LogP contribution in [-0.4, -0.2) is 27.7 Å². The molecule has 0 aromatic carbocycles. The van der Waals surface area contributed by atoms with Crippen LogP contribution >= 0.6 is 11.3 Å². The molecular weight excluding hydrogens is 448 g/mol. The van der Waals surface area contributed by atoms with Crippen molar-refractivity contribution >= 4 is 28.3 Å². The minimum atomic E-state index is -0.430. The summed E-state index contributed by atoms with van der Waals surface area (Å²) in [6, 6.07) is 9.58. The van der Waals surface area contributed by atoms with Gasteiger partial charge in [-0.1, -0.05) is 18.9 Å². The van der Waals surface area contributed by atoms with Gasteiger partial charge in [-0.3, -0.25) is 9.78 Å². The van der Waals surface area contributed by atoms with Crippen molar-refractivity contribution in [1.82, 2.24) is 14.9 Å². The molecule has 34 heavy (non-hydrogen) atoms. The Morgan fingerprint density at radius 1 is 1.35 bits per heavy atom. The summed E-state index contributed by atoms with van der Waals surface area (Å²) in [4.78, 5) is 30.4. The Kier molecular flexibility index (Phi) is 7.33. The fourth-order valence-electron chi connectivity index (χ4n) is 4.16. The molecule has 4 rings (SSSR count). The molecule has 8 heteroatoms. The van der Waals surface area contributed by atoms with Crippen molar-refractivity contribution in [3.63, 3.8) is 0 Å². The van der Waals surface area contributed by atoms with Gasteiger partial charge in [0.05, 0.1) is 12.1 Å². The summed E-state index contributed by atoms with van der Waals surface area (Å²) < 4.78 is 7.60. The van der Waals surface area contributed by atoms with Gasteiger partial charge >= 0.3 is 6.09 Å². The largest absolute Gasteiger partial charge is 0.446 e. The minimum absolute atomic E-state index is 0.00284. The van der Waals surface area contributed by atoms with Crippen molar-refractivity contribution in [2.45, 2.75) is 51.2 Å². The number of rotatable bonds is 7. The SMILES string of the molecule is C#Cc1c(NC(=O)CC(C)c2ccccn2)sc2c1CCC(OC(=O)NCc1cccn1C)C2. The second-order valence-corrected chi connectivity index (χ2v) is 9.60. The van der Waals surface area contributed by atoms with Crippen LogP contribution in [0.4, 0.5) is 9.80 Å². The first kappa shape index (κ1) is 23.6. The van der Waals surface area contributed by atoms with E-state index in [1.54, 1.807) is 6.20 Å². The van der Waals surface area contributed by atoms with Gasteiger partial charge in [-0.15, -0.1) is 17.8 Å². The number of ether oxygens (including phenoxy) is 1. The number of alkyl carbamates (subject to hydrolysis) is 1. The number of pyridine rings is 1. The predicted molar refractivity (Wildman–Crippen MR) is 133 cm³/mol. The zero-order valence-corrected chi connectivity index (χ0v) is 20.2. The molecule has 1 aliphatic rings. The minimum Gasteiger partial charge on any atom is -0.446 e. The van der Waals surface area contributed by atoms with E-state index in [1.807, 2.05) is 55.1 Å². The topological polar surface area (TPSA) is 85.2 Å². The summed E-state index contributed by atoms with van der Waals surface area (Å²) in [5.41, 5.74) is 3.69. The number of carbonyl (C=O) groups excluding carboxylic acids is 2. The molecule has 0 spiro atoms. The molecule has 176 valence electrons. The first-order chi connectivity index (χ1) is 16.4. The molecule has 0 saturated carbocycles. The van der Waals surface area contributed by atoms with Crippen molar-refractivity contribution in [2.24, 2.45) is 7.05 Å². The molecule has 0 fully saturated rings. The fraction of sp³-hybridized carbons (Fsp3) is 0.346.